The molecule has 0 atom stereocenters. The number of imide groups is 1. The Hall–Kier alpha value is -3.04. The van der Waals surface area contributed by atoms with Crippen LogP contribution in [0.4, 0.5) is 20.2 Å². The van der Waals surface area contributed by atoms with E-state index in [4.69, 9.17) is 18.9 Å². The van der Waals surface area contributed by atoms with Crippen LogP contribution in [0.15, 0.2) is 12.3 Å². The Bertz CT molecular complexity index is 838. The Morgan fingerprint density at radius 2 is 1.25 bits per heavy atom. The van der Waals surface area contributed by atoms with E-state index in [0.717, 1.165) is 4.57 Å². The van der Waals surface area contributed by atoms with Gasteiger partial charge in [-0.2, -0.15) is 4.90 Å². The maximum absolute atomic E-state index is 13.1. The molecule has 0 spiro atoms. The number of hydrogen-bond acceptors (Lipinski definition) is 8. The highest BCUT2D eigenvalue weighted by atomic mass is 16.6. The topological polar surface area (TPSA) is 113 Å². The Morgan fingerprint density at radius 1 is 0.812 bits per heavy atom. The number of anilines is 1. The van der Waals surface area contributed by atoms with Crippen LogP contribution < -0.4 is 4.90 Å². The van der Waals surface area contributed by atoms with E-state index in [9.17, 15) is 19.2 Å². The SMILES string of the molecule is CCOC(=O)c1ccn(C(=O)OC(C)(C)C)c1N(C(=O)OC(C)(C)C)C(=O)OC(C)(C)C. The van der Waals surface area contributed by atoms with Crippen molar-refractivity contribution in [1.29, 1.82) is 0 Å². The fourth-order valence-electron chi connectivity index (χ4n) is 2.34. The van der Waals surface area contributed by atoms with Gasteiger partial charge in [-0.15, -0.1) is 0 Å². The van der Waals surface area contributed by atoms with E-state index in [1.807, 2.05) is 0 Å². The molecule has 1 heterocycles. The summed E-state index contributed by atoms with van der Waals surface area (Å²) in [7, 11) is 0. The van der Waals surface area contributed by atoms with Crippen molar-refractivity contribution in [2.24, 2.45) is 0 Å². The van der Waals surface area contributed by atoms with Crippen molar-refractivity contribution in [1.82, 2.24) is 4.57 Å². The van der Waals surface area contributed by atoms with Crippen LogP contribution in [0, 0.1) is 0 Å². The van der Waals surface area contributed by atoms with Gasteiger partial charge in [-0.3, -0.25) is 0 Å². The van der Waals surface area contributed by atoms with Gasteiger partial charge in [0.2, 0.25) is 0 Å². The van der Waals surface area contributed by atoms with E-state index in [2.05, 4.69) is 0 Å². The first-order valence-corrected chi connectivity index (χ1v) is 10.2. The second kappa shape index (κ2) is 9.62. The van der Waals surface area contributed by atoms with Gasteiger partial charge in [-0.25, -0.2) is 23.7 Å². The quantitative estimate of drug-likeness (QED) is 0.456. The summed E-state index contributed by atoms with van der Waals surface area (Å²) >= 11 is 0. The monoisotopic (exact) mass is 454 g/mol. The molecule has 0 aliphatic heterocycles. The van der Waals surface area contributed by atoms with Gasteiger partial charge in [-0.05, 0) is 75.3 Å². The smallest absolute Gasteiger partial charge is 0.425 e. The molecule has 0 aromatic carbocycles. The highest BCUT2D eigenvalue weighted by Gasteiger charge is 2.39. The Kier molecular flexibility index (Phi) is 8.12. The first-order chi connectivity index (χ1) is 14.4. The third-order valence-corrected chi connectivity index (χ3v) is 3.31. The van der Waals surface area contributed by atoms with Crippen molar-refractivity contribution >= 4 is 30.1 Å². The number of esters is 1. The van der Waals surface area contributed by atoms with Crippen molar-refractivity contribution < 1.29 is 38.1 Å². The number of hydrogen-bond donors (Lipinski definition) is 0. The third kappa shape index (κ3) is 7.90. The van der Waals surface area contributed by atoms with Crippen molar-refractivity contribution in [2.75, 3.05) is 11.5 Å². The van der Waals surface area contributed by atoms with E-state index < -0.39 is 46.9 Å². The van der Waals surface area contributed by atoms with Crippen LogP contribution in [0.5, 0.6) is 0 Å². The first-order valence-electron chi connectivity index (χ1n) is 10.2. The Balaban J connectivity index is 3.73. The van der Waals surface area contributed by atoms with E-state index in [0.29, 0.717) is 4.90 Å². The molecule has 0 aliphatic rings. The molecular formula is C22H34N2O8. The van der Waals surface area contributed by atoms with Gasteiger partial charge in [-0.1, -0.05) is 0 Å². The Morgan fingerprint density at radius 3 is 1.62 bits per heavy atom. The number of carbonyl (C=O) groups excluding carboxylic acids is 4. The lowest BCUT2D eigenvalue weighted by Gasteiger charge is -2.29. The minimum atomic E-state index is -1.14. The van der Waals surface area contributed by atoms with Crippen LogP contribution in [0.25, 0.3) is 0 Å². The number of ether oxygens (including phenoxy) is 4. The zero-order chi connectivity index (χ0) is 25.1. The molecule has 0 bridgehead atoms. The van der Waals surface area contributed by atoms with Crippen LogP contribution >= 0.6 is 0 Å². The van der Waals surface area contributed by atoms with Gasteiger partial charge in [0.15, 0.2) is 5.82 Å². The zero-order valence-corrected chi connectivity index (χ0v) is 20.5. The first kappa shape index (κ1) is 27.0. The molecule has 32 heavy (non-hydrogen) atoms. The summed E-state index contributed by atoms with van der Waals surface area (Å²) in [5.74, 6) is -1.25. The van der Waals surface area contributed by atoms with Crippen LogP contribution in [0.2, 0.25) is 0 Å². The highest BCUT2D eigenvalue weighted by Crippen LogP contribution is 2.28. The van der Waals surface area contributed by atoms with Crippen LogP contribution in [-0.2, 0) is 18.9 Å². The maximum atomic E-state index is 13.1. The number of rotatable bonds is 3. The van der Waals surface area contributed by atoms with Gasteiger partial charge < -0.3 is 18.9 Å². The second-order valence-electron chi connectivity index (χ2n) is 9.92. The molecule has 0 unspecified atom stereocenters. The summed E-state index contributed by atoms with van der Waals surface area (Å²) in [4.78, 5) is 52.1. The van der Waals surface area contributed by atoms with Crippen molar-refractivity contribution in [3.8, 4) is 0 Å². The van der Waals surface area contributed by atoms with Crippen molar-refractivity contribution in [2.45, 2.75) is 86.0 Å². The molecule has 1 rings (SSSR count). The summed E-state index contributed by atoms with van der Waals surface area (Å²) in [6, 6.07) is 1.25. The third-order valence-electron chi connectivity index (χ3n) is 3.31. The molecule has 0 N–H and O–H groups in total. The molecule has 10 nitrogen and oxygen atoms in total. The van der Waals surface area contributed by atoms with Crippen molar-refractivity contribution in [3.63, 3.8) is 0 Å². The molecule has 1 aromatic rings. The van der Waals surface area contributed by atoms with Crippen LogP contribution in [-0.4, -0.2) is 52.2 Å². The average molecular weight is 455 g/mol. The average Bonchev–Trinajstić information content (AvgIpc) is 2.94. The lowest BCUT2D eigenvalue weighted by molar-refractivity contribution is 0.0425. The number of nitrogens with zero attached hydrogens (tertiary/aromatic N) is 2. The fourth-order valence-corrected chi connectivity index (χ4v) is 2.34. The summed E-state index contributed by atoms with van der Waals surface area (Å²) < 4.78 is 22.0. The summed E-state index contributed by atoms with van der Waals surface area (Å²) in [6.45, 7) is 16.2. The fraction of sp³-hybridized carbons (Fsp3) is 0.636. The van der Waals surface area contributed by atoms with E-state index >= 15 is 0 Å². The minimum Gasteiger partial charge on any atom is -0.462 e. The van der Waals surface area contributed by atoms with Crippen molar-refractivity contribution in [3.05, 3.63) is 17.8 Å². The second-order valence-corrected chi connectivity index (χ2v) is 9.92. The molecule has 0 saturated heterocycles. The Labute approximate surface area is 188 Å². The van der Waals surface area contributed by atoms with Gasteiger partial charge in [0.1, 0.15) is 22.4 Å². The van der Waals surface area contributed by atoms with E-state index in [1.54, 1.807) is 69.2 Å². The summed E-state index contributed by atoms with van der Waals surface area (Å²) in [5.41, 5.74) is -3.06. The van der Waals surface area contributed by atoms with E-state index in [-0.39, 0.29) is 12.2 Å². The lowest BCUT2D eigenvalue weighted by Crippen LogP contribution is -2.46. The molecule has 2 amide bonds. The molecule has 0 saturated carbocycles. The van der Waals surface area contributed by atoms with Gasteiger partial charge in [0.05, 0.1) is 6.61 Å². The zero-order valence-electron chi connectivity index (χ0n) is 20.5. The van der Waals surface area contributed by atoms with Gasteiger partial charge in [0.25, 0.3) is 0 Å². The van der Waals surface area contributed by atoms with Crippen LogP contribution in [0.1, 0.15) is 79.6 Å². The standard InChI is InChI=1S/C22H34N2O8/c1-11-29-16(25)14-12-13-23(17(26)30-20(2,3)4)15(14)24(18(27)31-21(5,6)7)19(28)32-22(8,9)10/h12-13H,11H2,1-10H3. The predicted octanol–water partition coefficient (Wildman–Crippen LogP) is 5.12. The largest absolute Gasteiger partial charge is 0.462 e. The number of aromatic nitrogens is 1. The van der Waals surface area contributed by atoms with Crippen LogP contribution in [0.3, 0.4) is 0 Å². The highest BCUT2D eigenvalue weighted by molar-refractivity contribution is 6.14. The lowest BCUT2D eigenvalue weighted by atomic mass is 10.2. The minimum absolute atomic E-state index is 0.0365. The van der Waals surface area contributed by atoms with Gasteiger partial charge >= 0.3 is 24.2 Å². The molecule has 0 fully saturated rings. The summed E-state index contributed by atoms with van der Waals surface area (Å²) in [6.07, 6.45) is -1.99. The number of amides is 2. The molecule has 0 aliphatic carbocycles. The summed E-state index contributed by atoms with van der Waals surface area (Å²) in [5, 5.41) is 0. The molecule has 10 heteroatoms. The molecule has 1 aromatic heterocycles. The molecular weight excluding hydrogens is 420 g/mol. The van der Waals surface area contributed by atoms with Gasteiger partial charge in [0, 0.05) is 6.20 Å². The molecule has 180 valence electrons. The number of carbonyl (C=O) groups is 4. The maximum Gasteiger partial charge on any atom is 0.425 e. The normalized spacial score (nSPS) is 12.1. The molecule has 0 radical (unpaired) electrons. The predicted molar refractivity (Wildman–Crippen MR) is 117 cm³/mol. The van der Waals surface area contributed by atoms with E-state index in [1.165, 1.54) is 12.3 Å².